The lowest BCUT2D eigenvalue weighted by Crippen LogP contribution is -2.28. The summed E-state index contributed by atoms with van der Waals surface area (Å²) in [5, 5.41) is 17.1. The smallest absolute Gasteiger partial charge is 0.324 e. The van der Waals surface area contributed by atoms with Gasteiger partial charge in [0.1, 0.15) is 28.9 Å². The molecular formula is C38H39Cl2N9O3. The van der Waals surface area contributed by atoms with Crippen LogP contribution in [0.5, 0.6) is 11.6 Å². The zero-order valence-electron chi connectivity index (χ0n) is 29.4. The normalized spacial score (nSPS) is 15.0. The Hall–Kier alpha value is -5.16. The van der Waals surface area contributed by atoms with Crippen molar-refractivity contribution in [3.63, 3.8) is 0 Å². The number of rotatable bonds is 13. The number of carbonyl (C=O) groups is 1. The quantitative estimate of drug-likeness (QED) is 0.0698. The van der Waals surface area contributed by atoms with E-state index in [1.807, 2.05) is 83.4 Å². The van der Waals surface area contributed by atoms with E-state index < -0.39 is 6.03 Å². The number of benzene rings is 3. The molecule has 5 aromatic rings. The lowest BCUT2D eigenvalue weighted by atomic mass is 10.1. The molecule has 12 nitrogen and oxygen atoms in total. The molecule has 0 spiro atoms. The van der Waals surface area contributed by atoms with Crippen LogP contribution in [0.4, 0.5) is 27.9 Å². The maximum Gasteiger partial charge on any atom is 0.324 e. The highest BCUT2D eigenvalue weighted by Gasteiger charge is 2.40. The van der Waals surface area contributed by atoms with Crippen molar-refractivity contribution in [3.8, 4) is 29.7 Å². The van der Waals surface area contributed by atoms with Gasteiger partial charge in [-0.2, -0.15) is 10.1 Å². The summed E-state index contributed by atoms with van der Waals surface area (Å²) in [6.07, 6.45) is 7.12. The average Bonchev–Trinajstić information content (AvgIpc) is 3.77. The van der Waals surface area contributed by atoms with Crippen molar-refractivity contribution in [1.82, 2.24) is 30.0 Å². The Balaban J connectivity index is 1.12. The largest absolute Gasteiger partial charge is 0.437 e. The first-order valence-corrected chi connectivity index (χ1v) is 17.4. The molecule has 3 heterocycles. The Morgan fingerprint density at radius 3 is 2.58 bits per heavy atom. The van der Waals surface area contributed by atoms with Crippen LogP contribution < -0.4 is 26.0 Å². The van der Waals surface area contributed by atoms with E-state index in [2.05, 4.69) is 42.1 Å². The van der Waals surface area contributed by atoms with Crippen LogP contribution in [0, 0.1) is 19.3 Å². The number of nitrogens with one attached hydrogen (secondary N) is 4. The Bertz CT molecular complexity index is 2110. The molecule has 1 saturated heterocycles. The van der Waals surface area contributed by atoms with Gasteiger partial charge < -0.3 is 25.0 Å². The number of halogens is 2. The van der Waals surface area contributed by atoms with Gasteiger partial charge in [0.25, 0.3) is 0 Å². The molecule has 3 aromatic carbocycles. The molecule has 0 bridgehead atoms. The van der Waals surface area contributed by atoms with Crippen molar-refractivity contribution < 1.29 is 14.3 Å². The molecule has 6 rings (SSSR count). The number of hydrogen-bond donors (Lipinski definition) is 4. The van der Waals surface area contributed by atoms with Gasteiger partial charge in [-0.05, 0) is 75.0 Å². The van der Waals surface area contributed by atoms with Gasteiger partial charge in [-0.1, -0.05) is 60.7 Å². The van der Waals surface area contributed by atoms with Crippen LogP contribution in [-0.2, 0) is 4.74 Å². The second-order valence-corrected chi connectivity index (χ2v) is 13.6. The second kappa shape index (κ2) is 16.0. The average molecular weight is 741 g/mol. The maximum atomic E-state index is 13.2. The molecular weight excluding hydrogens is 701 g/mol. The number of ether oxygens (including phenoxy) is 2. The first-order valence-electron chi connectivity index (χ1n) is 16.6. The molecule has 2 unspecified atom stereocenters. The van der Waals surface area contributed by atoms with Crippen molar-refractivity contribution >= 4 is 52.4 Å². The summed E-state index contributed by atoms with van der Waals surface area (Å²) in [7, 11) is 4.05. The van der Waals surface area contributed by atoms with E-state index in [0.717, 1.165) is 35.6 Å². The second-order valence-electron chi connectivity index (χ2n) is 12.8. The molecule has 1 fully saturated rings. The number of anilines is 4. The Morgan fingerprint density at radius 1 is 1.06 bits per heavy atom. The lowest BCUT2D eigenvalue weighted by Gasteiger charge is -2.14. The predicted octanol–water partition coefficient (Wildman–Crippen LogP) is 8.11. The van der Waals surface area contributed by atoms with E-state index in [1.165, 1.54) is 0 Å². The number of amides is 2. The summed E-state index contributed by atoms with van der Waals surface area (Å²) in [4.78, 5) is 24.1. The van der Waals surface area contributed by atoms with Crippen LogP contribution in [0.25, 0.3) is 5.69 Å². The first-order chi connectivity index (χ1) is 25.0. The minimum Gasteiger partial charge on any atom is -0.437 e. The van der Waals surface area contributed by atoms with Gasteiger partial charge in [0.05, 0.1) is 22.1 Å². The fourth-order valence-corrected chi connectivity index (χ4v) is 5.66. The van der Waals surface area contributed by atoms with Crippen molar-refractivity contribution in [2.45, 2.75) is 39.0 Å². The van der Waals surface area contributed by atoms with Crippen molar-refractivity contribution in [3.05, 3.63) is 105 Å². The van der Waals surface area contributed by atoms with E-state index in [9.17, 15) is 4.79 Å². The van der Waals surface area contributed by atoms with Gasteiger partial charge in [-0.25, -0.2) is 14.5 Å². The highest BCUT2D eigenvalue weighted by molar-refractivity contribution is 6.45. The summed E-state index contributed by atoms with van der Waals surface area (Å²) in [6.45, 7) is 7.79. The van der Waals surface area contributed by atoms with Crippen LogP contribution in [0.2, 0.25) is 10.0 Å². The highest BCUT2D eigenvalue weighted by atomic mass is 35.5. The molecule has 0 aliphatic carbocycles. The Labute approximate surface area is 312 Å². The van der Waals surface area contributed by atoms with Crippen LogP contribution in [0.15, 0.2) is 72.9 Å². The summed E-state index contributed by atoms with van der Waals surface area (Å²) in [6, 6.07) is 19.7. The zero-order valence-corrected chi connectivity index (χ0v) is 30.9. The summed E-state index contributed by atoms with van der Waals surface area (Å²) >= 11 is 13.2. The van der Waals surface area contributed by atoms with Gasteiger partial charge in [0, 0.05) is 42.7 Å². The van der Waals surface area contributed by atoms with E-state index in [4.69, 9.17) is 44.2 Å². The van der Waals surface area contributed by atoms with Gasteiger partial charge in [-0.3, -0.25) is 10.6 Å². The maximum absolute atomic E-state index is 13.2. The number of terminal acetylenes is 1. The standard InChI is InChI=1S/C38H39Cl2N9O3/c1-7-24-18-25(35-36(52-35)41-16-17-48(5)6)20-26(19-24)43-37-42-15-14-32(46-37)51-30-13-12-28(33(39)34(30)40)44-38(50)45-31-21-29(22(2)3)47-49(31)27-10-8-23(4)9-11-27/h1,8-15,18-22,35-36,41H,16-17H2,2-6H3,(H,42,43,46)(H2,44,45,50). The van der Waals surface area contributed by atoms with Gasteiger partial charge in [0.2, 0.25) is 11.8 Å². The molecule has 1 aliphatic heterocycles. The zero-order chi connectivity index (χ0) is 36.9. The molecule has 268 valence electrons. The first kappa shape index (κ1) is 36.6. The number of hydrogen-bond acceptors (Lipinski definition) is 9. The van der Waals surface area contributed by atoms with E-state index >= 15 is 0 Å². The molecule has 0 radical (unpaired) electrons. The predicted molar refractivity (Wildman–Crippen MR) is 205 cm³/mol. The van der Waals surface area contributed by atoms with E-state index in [-0.39, 0.29) is 51.6 Å². The molecule has 14 heteroatoms. The fourth-order valence-electron chi connectivity index (χ4n) is 5.25. The van der Waals surface area contributed by atoms with E-state index in [0.29, 0.717) is 17.1 Å². The van der Waals surface area contributed by atoms with Crippen LogP contribution in [-0.4, -0.2) is 64.1 Å². The van der Waals surface area contributed by atoms with Crippen LogP contribution in [0.3, 0.4) is 0 Å². The van der Waals surface area contributed by atoms with Gasteiger partial charge >= 0.3 is 6.03 Å². The van der Waals surface area contributed by atoms with Gasteiger partial charge in [0.15, 0.2) is 0 Å². The number of epoxide rings is 1. The van der Waals surface area contributed by atoms with E-state index in [1.54, 1.807) is 29.1 Å². The summed E-state index contributed by atoms with van der Waals surface area (Å²) < 4.78 is 13.5. The van der Waals surface area contributed by atoms with Crippen molar-refractivity contribution in [2.75, 3.05) is 43.1 Å². The van der Waals surface area contributed by atoms with Crippen molar-refractivity contribution in [2.24, 2.45) is 0 Å². The Morgan fingerprint density at radius 2 is 1.85 bits per heavy atom. The number of likely N-dealkylation sites (N-methyl/N-ethyl adjacent to an activating group) is 1. The number of nitrogens with zero attached hydrogens (tertiary/aromatic N) is 5. The molecule has 2 aromatic heterocycles. The monoisotopic (exact) mass is 739 g/mol. The molecule has 52 heavy (non-hydrogen) atoms. The third-order valence-corrected chi connectivity index (χ3v) is 8.95. The molecule has 4 N–H and O–H groups in total. The molecule has 2 amide bonds. The SMILES string of the molecule is C#Cc1cc(Nc2nccc(Oc3ccc(NC(=O)Nc4cc(C(C)C)nn4-c4ccc(C)cc4)c(Cl)c3Cl)n2)cc(C2OC2NCCN(C)C)c1. The number of urea groups is 1. The minimum absolute atomic E-state index is 0.0759. The molecule has 2 atom stereocenters. The highest BCUT2D eigenvalue weighted by Crippen LogP contribution is 2.40. The summed E-state index contributed by atoms with van der Waals surface area (Å²) in [5.41, 5.74) is 5.37. The third-order valence-electron chi connectivity index (χ3n) is 8.08. The fraction of sp³-hybridized carbons (Fsp3) is 0.263. The van der Waals surface area contributed by atoms with Crippen LogP contribution in [0.1, 0.15) is 48.3 Å². The minimum atomic E-state index is -0.525. The molecule has 1 aliphatic rings. The summed E-state index contributed by atoms with van der Waals surface area (Å²) in [5.74, 6) is 4.07. The van der Waals surface area contributed by atoms with Gasteiger partial charge in [-0.15, -0.1) is 6.42 Å². The Kier molecular flexibility index (Phi) is 11.3. The number of carbonyl (C=O) groups excluding carboxylic acids is 1. The van der Waals surface area contributed by atoms with Crippen molar-refractivity contribution in [1.29, 1.82) is 0 Å². The third kappa shape index (κ3) is 9.00. The number of aromatic nitrogens is 4. The van der Waals surface area contributed by atoms with Crippen LogP contribution >= 0.6 is 23.2 Å². The topological polar surface area (TPSA) is 134 Å². The number of aryl methyl sites for hydroxylation is 1. The molecule has 0 saturated carbocycles. The lowest BCUT2D eigenvalue weighted by molar-refractivity contribution is 0.262.